The van der Waals surface area contributed by atoms with E-state index < -0.39 is 0 Å². The standard InChI is InChI=1S/C10H10ClN9/c11-8-16-9(13-2-1-7-14-5-15-19-7)18-10(17-8)20-4-3-12-6-20/h3-6H,1-2H2,(H,14,15,19)(H,13,16,17,18). The summed E-state index contributed by atoms with van der Waals surface area (Å²) in [6, 6.07) is 0. The van der Waals surface area contributed by atoms with Crippen LogP contribution in [0.5, 0.6) is 0 Å². The van der Waals surface area contributed by atoms with Crippen LogP contribution in [0, 0.1) is 0 Å². The Morgan fingerprint density at radius 3 is 3.00 bits per heavy atom. The molecule has 3 heterocycles. The average Bonchev–Trinajstić information content (AvgIpc) is 3.11. The Morgan fingerprint density at radius 1 is 1.30 bits per heavy atom. The van der Waals surface area contributed by atoms with Crippen LogP contribution in [-0.2, 0) is 6.42 Å². The van der Waals surface area contributed by atoms with Gasteiger partial charge in [-0.15, -0.1) is 0 Å². The molecule has 0 amide bonds. The van der Waals surface area contributed by atoms with E-state index in [1.54, 1.807) is 23.3 Å². The number of anilines is 1. The molecule has 9 nitrogen and oxygen atoms in total. The van der Waals surface area contributed by atoms with Crippen LogP contribution in [-0.4, -0.2) is 46.2 Å². The van der Waals surface area contributed by atoms with Crippen LogP contribution in [0.3, 0.4) is 0 Å². The van der Waals surface area contributed by atoms with Gasteiger partial charge in [0.15, 0.2) is 0 Å². The molecular weight excluding hydrogens is 282 g/mol. The highest BCUT2D eigenvalue weighted by Crippen LogP contribution is 2.09. The maximum atomic E-state index is 5.88. The summed E-state index contributed by atoms with van der Waals surface area (Å²) < 4.78 is 1.65. The zero-order chi connectivity index (χ0) is 13.8. The number of H-pyrrole nitrogens is 1. The molecule has 0 saturated heterocycles. The van der Waals surface area contributed by atoms with Gasteiger partial charge in [-0.25, -0.2) is 9.97 Å². The van der Waals surface area contributed by atoms with E-state index in [1.165, 1.54) is 6.33 Å². The molecule has 10 heteroatoms. The molecule has 0 atom stereocenters. The fourth-order valence-electron chi connectivity index (χ4n) is 1.56. The smallest absolute Gasteiger partial charge is 0.241 e. The Labute approximate surface area is 118 Å². The first kappa shape index (κ1) is 12.5. The van der Waals surface area contributed by atoms with Gasteiger partial charge in [0, 0.05) is 25.4 Å². The number of rotatable bonds is 5. The predicted molar refractivity (Wildman–Crippen MR) is 70.5 cm³/mol. The number of nitrogens with zero attached hydrogens (tertiary/aromatic N) is 7. The van der Waals surface area contributed by atoms with Gasteiger partial charge in [0.1, 0.15) is 18.5 Å². The van der Waals surface area contributed by atoms with Crippen LogP contribution < -0.4 is 5.32 Å². The maximum absolute atomic E-state index is 5.88. The molecule has 0 radical (unpaired) electrons. The monoisotopic (exact) mass is 291 g/mol. The number of nitrogens with one attached hydrogen (secondary N) is 2. The van der Waals surface area contributed by atoms with E-state index in [9.17, 15) is 0 Å². The molecule has 3 aromatic heterocycles. The molecule has 0 saturated carbocycles. The fraction of sp³-hybridized carbons (Fsp3) is 0.200. The van der Waals surface area contributed by atoms with Crippen LogP contribution in [0.4, 0.5) is 5.95 Å². The van der Waals surface area contributed by atoms with Crippen LogP contribution >= 0.6 is 11.6 Å². The third-order valence-electron chi connectivity index (χ3n) is 2.44. The lowest BCUT2D eigenvalue weighted by Crippen LogP contribution is -2.11. The van der Waals surface area contributed by atoms with Crippen molar-refractivity contribution in [1.29, 1.82) is 0 Å². The van der Waals surface area contributed by atoms with Gasteiger partial charge >= 0.3 is 0 Å². The van der Waals surface area contributed by atoms with Crippen molar-refractivity contribution in [3.63, 3.8) is 0 Å². The Bertz CT molecular complexity index is 664. The molecule has 0 aliphatic heterocycles. The molecule has 0 unspecified atom stereocenters. The van der Waals surface area contributed by atoms with Gasteiger partial charge in [-0.1, -0.05) is 0 Å². The number of halogens is 1. The van der Waals surface area contributed by atoms with E-state index in [2.05, 4.69) is 40.4 Å². The second kappa shape index (κ2) is 5.61. The lowest BCUT2D eigenvalue weighted by molar-refractivity contribution is 0.864. The van der Waals surface area contributed by atoms with Crippen molar-refractivity contribution >= 4 is 17.5 Å². The molecule has 0 aliphatic carbocycles. The number of hydrogen-bond donors (Lipinski definition) is 2. The first-order chi connectivity index (χ1) is 9.81. The van der Waals surface area contributed by atoms with E-state index in [-0.39, 0.29) is 5.28 Å². The molecule has 0 spiro atoms. The average molecular weight is 292 g/mol. The topological polar surface area (TPSA) is 110 Å². The number of aromatic nitrogens is 8. The Hall–Kier alpha value is -2.55. The second-order valence-electron chi connectivity index (χ2n) is 3.81. The normalized spacial score (nSPS) is 10.7. The highest BCUT2D eigenvalue weighted by atomic mass is 35.5. The minimum Gasteiger partial charge on any atom is -0.354 e. The van der Waals surface area contributed by atoms with Gasteiger partial charge in [-0.3, -0.25) is 9.67 Å². The first-order valence-corrected chi connectivity index (χ1v) is 6.17. The van der Waals surface area contributed by atoms with Crippen molar-refractivity contribution in [3.8, 4) is 5.95 Å². The van der Waals surface area contributed by atoms with Gasteiger partial charge in [-0.2, -0.15) is 20.1 Å². The van der Waals surface area contributed by atoms with Crippen LogP contribution in [0.15, 0.2) is 25.0 Å². The summed E-state index contributed by atoms with van der Waals surface area (Å²) >= 11 is 5.88. The molecule has 3 rings (SSSR count). The highest BCUT2D eigenvalue weighted by molar-refractivity contribution is 6.28. The van der Waals surface area contributed by atoms with Crippen LogP contribution in [0.2, 0.25) is 5.28 Å². The Balaban J connectivity index is 1.70. The molecule has 0 aliphatic rings. The Morgan fingerprint density at radius 2 is 2.25 bits per heavy atom. The molecule has 2 N–H and O–H groups in total. The largest absolute Gasteiger partial charge is 0.354 e. The third kappa shape index (κ3) is 2.88. The molecule has 0 aromatic carbocycles. The summed E-state index contributed by atoms with van der Waals surface area (Å²) in [7, 11) is 0. The zero-order valence-electron chi connectivity index (χ0n) is 10.2. The van der Waals surface area contributed by atoms with Crippen molar-refractivity contribution < 1.29 is 0 Å². The van der Waals surface area contributed by atoms with Crippen molar-refractivity contribution in [2.24, 2.45) is 0 Å². The summed E-state index contributed by atoms with van der Waals surface area (Å²) in [6.45, 7) is 0.596. The summed E-state index contributed by atoms with van der Waals surface area (Å²) in [6.07, 6.45) is 7.08. The van der Waals surface area contributed by atoms with E-state index in [0.29, 0.717) is 24.9 Å². The molecular formula is C10H10ClN9. The summed E-state index contributed by atoms with van der Waals surface area (Å²) in [5, 5.41) is 9.72. The molecule has 0 bridgehead atoms. The number of hydrogen-bond acceptors (Lipinski definition) is 7. The van der Waals surface area contributed by atoms with E-state index >= 15 is 0 Å². The molecule has 3 aromatic rings. The first-order valence-electron chi connectivity index (χ1n) is 5.79. The minimum atomic E-state index is 0.117. The highest BCUT2D eigenvalue weighted by Gasteiger charge is 2.06. The van der Waals surface area contributed by atoms with Gasteiger partial charge in [0.05, 0.1) is 0 Å². The SMILES string of the molecule is Clc1nc(NCCc2ncn[nH]2)nc(-n2ccnc2)n1. The number of aromatic amines is 1. The maximum Gasteiger partial charge on any atom is 0.241 e. The van der Waals surface area contributed by atoms with E-state index in [4.69, 9.17) is 11.6 Å². The summed E-state index contributed by atoms with van der Waals surface area (Å²) in [5.74, 6) is 1.59. The van der Waals surface area contributed by atoms with Crippen molar-refractivity contribution in [1.82, 2.24) is 39.7 Å². The van der Waals surface area contributed by atoms with Crippen molar-refractivity contribution in [2.75, 3.05) is 11.9 Å². The number of imidazole rings is 1. The van der Waals surface area contributed by atoms with Gasteiger partial charge < -0.3 is 5.32 Å². The quantitative estimate of drug-likeness (QED) is 0.703. The van der Waals surface area contributed by atoms with Crippen LogP contribution in [0.25, 0.3) is 5.95 Å². The van der Waals surface area contributed by atoms with Gasteiger partial charge in [0.25, 0.3) is 0 Å². The molecule has 0 fully saturated rings. The van der Waals surface area contributed by atoms with Crippen molar-refractivity contribution in [3.05, 3.63) is 36.2 Å². The van der Waals surface area contributed by atoms with Gasteiger partial charge in [0.2, 0.25) is 17.2 Å². The third-order valence-corrected chi connectivity index (χ3v) is 2.61. The van der Waals surface area contributed by atoms with E-state index in [1.807, 2.05) is 0 Å². The lowest BCUT2D eigenvalue weighted by Gasteiger charge is -2.06. The predicted octanol–water partition coefficient (Wildman–Crippen LogP) is 0.483. The summed E-state index contributed by atoms with van der Waals surface area (Å²) in [4.78, 5) is 20.3. The minimum absolute atomic E-state index is 0.117. The molecule has 20 heavy (non-hydrogen) atoms. The van der Waals surface area contributed by atoms with Gasteiger partial charge in [-0.05, 0) is 11.6 Å². The Kier molecular flexibility index (Phi) is 3.50. The van der Waals surface area contributed by atoms with E-state index in [0.717, 1.165) is 5.82 Å². The summed E-state index contributed by atoms with van der Waals surface area (Å²) in [5.41, 5.74) is 0. The zero-order valence-corrected chi connectivity index (χ0v) is 11.0. The second-order valence-corrected chi connectivity index (χ2v) is 4.15. The molecule has 102 valence electrons. The van der Waals surface area contributed by atoms with Crippen molar-refractivity contribution in [2.45, 2.75) is 6.42 Å². The van der Waals surface area contributed by atoms with Crippen LogP contribution in [0.1, 0.15) is 5.82 Å². The fourth-order valence-corrected chi connectivity index (χ4v) is 1.71. The lowest BCUT2D eigenvalue weighted by atomic mass is 10.4.